The molecule has 0 N–H and O–H groups in total. The molecule has 0 saturated heterocycles. The third kappa shape index (κ3) is 3.27. The van der Waals surface area contributed by atoms with Crippen molar-refractivity contribution in [2.24, 2.45) is 5.92 Å². The summed E-state index contributed by atoms with van der Waals surface area (Å²) in [4.78, 5) is 15.9. The van der Waals surface area contributed by atoms with Crippen molar-refractivity contribution >= 4 is 16.7 Å². The maximum atomic E-state index is 4.79. The lowest BCUT2D eigenvalue weighted by Gasteiger charge is -2.26. The van der Waals surface area contributed by atoms with Crippen LogP contribution in [0.25, 0.3) is 16.9 Å². The predicted octanol–water partition coefficient (Wildman–Crippen LogP) is 4.26. The van der Waals surface area contributed by atoms with Crippen molar-refractivity contribution in [3.8, 4) is 5.82 Å². The van der Waals surface area contributed by atoms with Gasteiger partial charge in [0.05, 0.1) is 22.9 Å². The van der Waals surface area contributed by atoms with Gasteiger partial charge in [0.1, 0.15) is 6.33 Å². The van der Waals surface area contributed by atoms with E-state index >= 15 is 0 Å². The molecule has 0 amide bonds. The van der Waals surface area contributed by atoms with Crippen molar-refractivity contribution in [3.63, 3.8) is 0 Å². The van der Waals surface area contributed by atoms with Crippen LogP contribution in [0.1, 0.15) is 31.9 Å². The van der Waals surface area contributed by atoms with Crippen LogP contribution < -0.4 is 4.90 Å². The minimum absolute atomic E-state index is 0.785. The summed E-state index contributed by atoms with van der Waals surface area (Å²) in [5.74, 6) is 1.58. The molecule has 1 fully saturated rings. The molecule has 2 aromatic heterocycles. The van der Waals surface area contributed by atoms with Crippen molar-refractivity contribution < 1.29 is 0 Å². The Morgan fingerprint density at radius 3 is 2.80 bits per heavy atom. The maximum absolute atomic E-state index is 4.79. The van der Waals surface area contributed by atoms with E-state index in [1.54, 1.807) is 12.5 Å². The van der Waals surface area contributed by atoms with Crippen LogP contribution in [0.2, 0.25) is 0 Å². The number of imidazole rings is 1. The van der Waals surface area contributed by atoms with E-state index in [2.05, 4.69) is 40.5 Å². The molecule has 25 heavy (non-hydrogen) atoms. The van der Waals surface area contributed by atoms with Crippen molar-refractivity contribution in [3.05, 3.63) is 54.9 Å². The molecule has 0 unspecified atom stereocenters. The number of fused-ring (bicyclic) bond motifs is 1. The van der Waals surface area contributed by atoms with Gasteiger partial charge in [0.15, 0.2) is 5.82 Å². The maximum Gasteiger partial charge on any atom is 0.157 e. The summed E-state index contributed by atoms with van der Waals surface area (Å²) in [5, 5.41) is 0. The molecule has 1 aromatic carbocycles. The van der Waals surface area contributed by atoms with Crippen molar-refractivity contribution in [1.29, 1.82) is 0 Å². The standard InChI is InChI=1S/C20H23N5/c1-4-15(3)25(12-16-5-6-16)17-7-8-18-19(9-17)23-20(10-21-18)24-11-14(2)22-13-24/h7-11,13,16H,3-6,12H2,1-2H3. The van der Waals surface area contributed by atoms with Gasteiger partial charge in [0.25, 0.3) is 0 Å². The molecular formula is C20H23N5. The Hall–Kier alpha value is -2.69. The third-order valence-electron chi connectivity index (χ3n) is 4.73. The molecule has 4 rings (SSSR count). The first-order valence-corrected chi connectivity index (χ1v) is 8.87. The van der Waals surface area contributed by atoms with Gasteiger partial charge in [0.2, 0.25) is 0 Å². The second-order valence-corrected chi connectivity index (χ2v) is 6.80. The highest BCUT2D eigenvalue weighted by atomic mass is 15.1. The third-order valence-corrected chi connectivity index (χ3v) is 4.73. The van der Waals surface area contributed by atoms with Crippen molar-refractivity contribution in [1.82, 2.24) is 19.5 Å². The number of nitrogens with zero attached hydrogens (tertiary/aromatic N) is 5. The van der Waals surface area contributed by atoms with Crippen molar-refractivity contribution in [2.45, 2.75) is 33.1 Å². The lowest BCUT2D eigenvalue weighted by atomic mass is 10.2. The number of hydrogen-bond donors (Lipinski definition) is 0. The van der Waals surface area contributed by atoms with Gasteiger partial charge in [-0.2, -0.15) is 0 Å². The molecular weight excluding hydrogens is 310 g/mol. The van der Waals surface area contributed by atoms with Gasteiger partial charge in [-0.15, -0.1) is 0 Å². The Labute approximate surface area is 148 Å². The fraction of sp³-hybridized carbons (Fsp3) is 0.350. The number of aromatic nitrogens is 4. The Kier molecular flexibility index (Phi) is 3.99. The largest absolute Gasteiger partial charge is 0.345 e. The van der Waals surface area contributed by atoms with Crippen LogP contribution in [0.5, 0.6) is 0 Å². The summed E-state index contributed by atoms with van der Waals surface area (Å²) < 4.78 is 1.90. The first kappa shape index (κ1) is 15.8. The zero-order chi connectivity index (χ0) is 17.4. The highest BCUT2D eigenvalue weighted by Crippen LogP contribution is 2.34. The molecule has 2 heterocycles. The molecule has 0 bridgehead atoms. The molecule has 5 nitrogen and oxygen atoms in total. The van der Waals surface area contributed by atoms with Crippen LogP contribution in [0.4, 0.5) is 5.69 Å². The van der Waals surface area contributed by atoms with Gasteiger partial charge in [0, 0.05) is 24.1 Å². The van der Waals surface area contributed by atoms with Crippen LogP contribution in [-0.2, 0) is 0 Å². The van der Waals surface area contributed by atoms with Gasteiger partial charge in [-0.05, 0) is 50.3 Å². The zero-order valence-electron chi connectivity index (χ0n) is 14.8. The lowest BCUT2D eigenvalue weighted by molar-refractivity contribution is 0.769. The fourth-order valence-electron chi connectivity index (χ4n) is 3.00. The van der Waals surface area contributed by atoms with Gasteiger partial charge < -0.3 is 4.90 Å². The molecule has 3 aromatic rings. The van der Waals surface area contributed by atoms with Crippen LogP contribution in [0.15, 0.2) is 49.2 Å². The summed E-state index contributed by atoms with van der Waals surface area (Å²) in [6, 6.07) is 6.30. The molecule has 0 spiro atoms. The van der Waals surface area contributed by atoms with Crippen molar-refractivity contribution in [2.75, 3.05) is 11.4 Å². The van der Waals surface area contributed by atoms with E-state index in [-0.39, 0.29) is 0 Å². The minimum atomic E-state index is 0.785. The summed E-state index contributed by atoms with van der Waals surface area (Å²) in [6.45, 7) is 9.43. The van der Waals surface area contributed by atoms with E-state index in [0.717, 1.165) is 52.8 Å². The van der Waals surface area contributed by atoms with E-state index in [4.69, 9.17) is 4.98 Å². The number of benzene rings is 1. The second kappa shape index (κ2) is 6.31. The summed E-state index contributed by atoms with van der Waals surface area (Å²) in [6.07, 6.45) is 9.11. The number of rotatable bonds is 6. The highest BCUT2D eigenvalue weighted by Gasteiger charge is 2.25. The van der Waals surface area contributed by atoms with Gasteiger partial charge in [-0.1, -0.05) is 13.5 Å². The molecule has 5 heteroatoms. The lowest BCUT2D eigenvalue weighted by Crippen LogP contribution is -2.24. The van der Waals surface area contributed by atoms with Gasteiger partial charge in [-0.3, -0.25) is 9.55 Å². The van der Waals surface area contributed by atoms with E-state index in [0.29, 0.717) is 0 Å². The number of anilines is 1. The monoisotopic (exact) mass is 333 g/mol. The van der Waals surface area contributed by atoms with Crippen LogP contribution in [0, 0.1) is 12.8 Å². The fourth-order valence-corrected chi connectivity index (χ4v) is 3.00. The molecule has 0 radical (unpaired) electrons. The van der Waals surface area contributed by atoms with Crippen LogP contribution >= 0.6 is 0 Å². The normalized spacial score (nSPS) is 14.0. The zero-order valence-corrected chi connectivity index (χ0v) is 14.8. The summed E-state index contributed by atoms with van der Waals surface area (Å²) in [5.41, 5.74) is 5.06. The Balaban J connectivity index is 1.73. The minimum Gasteiger partial charge on any atom is -0.345 e. The van der Waals surface area contributed by atoms with Crippen LogP contribution in [-0.4, -0.2) is 26.1 Å². The molecule has 0 aliphatic heterocycles. The molecule has 0 atom stereocenters. The predicted molar refractivity (Wildman–Crippen MR) is 101 cm³/mol. The average molecular weight is 333 g/mol. The quantitative estimate of drug-likeness (QED) is 0.676. The van der Waals surface area contributed by atoms with E-state index < -0.39 is 0 Å². The molecule has 1 saturated carbocycles. The number of allylic oxidation sites excluding steroid dienone is 1. The Bertz CT molecular complexity index is 923. The summed E-state index contributed by atoms with van der Waals surface area (Å²) >= 11 is 0. The Morgan fingerprint density at radius 2 is 2.12 bits per heavy atom. The smallest absolute Gasteiger partial charge is 0.157 e. The SMILES string of the molecule is C=C(CC)N(CC1CC1)c1ccc2ncc(-n3cnc(C)c3)nc2c1. The first-order chi connectivity index (χ1) is 12.1. The molecule has 128 valence electrons. The number of hydrogen-bond acceptors (Lipinski definition) is 4. The van der Waals surface area contributed by atoms with E-state index in [1.165, 1.54) is 12.8 Å². The topological polar surface area (TPSA) is 46.8 Å². The summed E-state index contributed by atoms with van der Waals surface area (Å²) in [7, 11) is 0. The van der Waals surface area contributed by atoms with Gasteiger partial charge in [-0.25, -0.2) is 9.97 Å². The highest BCUT2D eigenvalue weighted by molar-refractivity contribution is 5.80. The molecule has 1 aliphatic carbocycles. The average Bonchev–Trinajstić information content (AvgIpc) is 3.36. The Morgan fingerprint density at radius 1 is 1.28 bits per heavy atom. The van der Waals surface area contributed by atoms with Gasteiger partial charge >= 0.3 is 0 Å². The van der Waals surface area contributed by atoms with E-state index in [1.807, 2.05) is 23.8 Å². The first-order valence-electron chi connectivity index (χ1n) is 8.87. The number of aryl methyl sites for hydroxylation is 1. The van der Waals surface area contributed by atoms with Crippen LogP contribution in [0.3, 0.4) is 0 Å². The van der Waals surface area contributed by atoms with E-state index in [9.17, 15) is 0 Å². The molecule has 1 aliphatic rings. The second-order valence-electron chi connectivity index (χ2n) is 6.80.